The second-order valence-corrected chi connectivity index (χ2v) is 33.5. The van der Waals surface area contributed by atoms with Crippen molar-refractivity contribution in [1.82, 2.24) is 14.1 Å². The molecule has 13 aromatic carbocycles. The first-order valence-electron chi connectivity index (χ1n) is 45.7. The van der Waals surface area contributed by atoms with Crippen LogP contribution in [0.5, 0.6) is 11.5 Å². The zero-order chi connectivity index (χ0) is 89.3. The standard InChI is InChI=1S/C98H80N4O2Si/c1-62-27-25-28-63(2)93(62)65-52-79(64-43-46-91-82(51-64)78-40-22-24-42-90(78)104-91)94-83(53-65)81-60-86-85(97(6,7)48-49-98(86,8)9)59-80(81)74-37-19-20-38-75(74)84-57-73(105(70-31-13-10-14-32-70,71-33-15-11-16-34-71)72-35-17-12-18-36-72)58-89-95(84)101(94)61-100(89)67-29-26-30-68(55-67)103-69-44-45-77-76-39-21-23-41-87(76)102(88(77)56-69)92-54-66(47-50-99-92)96(3,4)5/h10-47,50-60H,48-49H2,1-9H3/i1D3,2D3,10D,11D,12D,13D,14D,15D,16D,17D,18D,31D,32D,33D,34D,35D,36D. The van der Waals surface area contributed by atoms with Gasteiger partial charge in [0, 0.05) is 42.0 Å². The van der Waals surface area contributed by atoms with Gasteiger partial charge in [-0.05, 0) is 232 Å². The minimum atomic E-state index is -6.04. The Morgan fingerprint density at radius 2 is 1.09 bits per heavy atom. The molecule has 508 valence electrons. The molecule has 0 spiro atoms. The van der Waals surface area contributed by atoms with Gasteiger partial charge in [0.25, 0.3) is 6.33 Å². The Labute approximate surface area is 644 Å². The van der Waals surface area contributed by atoms with Crippen LogP contribution in [0.4, 0.5) is 0 Å². The van der Waals surface area contributed by atoms with Crippen LogP contribution in [0.3, 0.4) is 0 Å². The van der Waals surface area contributed by atoms with Gasteiger partial charge in [-0.2, -0.15) is 0 Å². The fourth-order valence-corrected chi connectivity index (χ4v) is 20.3. The summed E-state index contributed by atoms with van der Waals surface area (Å²) in [7, 11) is -6.04. The zero-order valence-electron chi connectivity index (χ0n) is 79.6. The Hall–Kier alpha value is -11.9. The lowest BCUT2D eigenvalue weighted by Crippen LogP contribution is -2.74. The summed E-state index contributed by atoms with van der Waals surface area (Å²) >= 11 is 0. The molecule has 0 atom stereocenters. The molecule has 1 aliphatic heterocycles. The first-order chi connectivity index (χ1) is 59.6. The van der Waals surface area contributed by atoms with E-state index in [-0.39, 0.29) is 55.2 Å². The highest BCUT2D eigenvalue weighted by atomic mass is 28.3. The van der Waals surface area contributed by atoms with Gasteiger partial charge in [0.1, 0.15) is 28.5 Å². The molecule has 0 unspecified atom stereocenters. The molecule has 0 fully saturated rings. The van der Waals surface area contributed by atoms with E-state index in [0.29, 0.717) is 78.4 Å². The Morgan fingerprint density at radius 3 is 1.77 bits per heavy atom. The fraction of sp³-hybridized carbons (Fsp3) is 0.143. The normalized spacial score (nSPS) is 16.9. The second-order valence-electron chi connectivity index (χ2n) is 29.9. The van der Waals surface area contributed by atoms with Crippen molar-refractivity contribution in [3.63, 3.8) is 0 Å². The summed E-state index contributed by atoms with van der Waals surface area (Å²) in [5, 5.41) is 1.03. The minimum Gasteiger partial charge on any atom is -0.458 e. The van der Waals surface area contributed by atoms with Crippen molar-refractivity contribution in [3.05, 3.63) is 331 Å². The second kappa shape index (κ2) is 24.1. The van der Waals surface area contributed by atoms with E-state index in [1.807, 2.05) is 120 Å². The molecule has 6 nitrogen and oxygen atoms in total. The van der Waals surface area contributed by atoms with Gasteiger partial charge in [0.15, 0.2) is 8.07 Å². The SMILES string of the molecule is [2H]c1c([2H])c([2H])c([Si](c2cc3c4c(c2)n(-c2cccc(Oc5ccc6c7ccccc7n(-c7cc(C(C)(C)C)ccn7)c6c5)c2)[c-][n+]4-c2c(-c4ccc5oc6ccccc6c5c4)cc(-c4c(C([2H])([2H])[2H])cccc4C([2H])([2H])[2H])cc2-c2cc4c(cc2-c2ccccc2-3)C(C)(C)CCC4(C)C)(c2c([2H])c([2H])c([2H])c([2H])c2[2H])c2c([2H])c([2H])c([2H])c([2H])c2[2H])c([2H])c1[2H]. The smallest absolute Gasteiger partial charge is 0.269 e. The first kappa shape index (κ1) is 45.3. The van der Waals surface area contributed by atoms with Crippen LogP contribution in [0.15, 0.2) is 301 Å². The van der Waals surface area contributed by atoms with Crippen molar-refractivity contribution < 1.29 is 42.5 Å². The Kier molecular flexibility index (Phi) is 10.4. The molecule has 0 saturated carbocycles. The van der Waals surface area contributed by atoms with Gasteiger partial charge < -0.3 is 9.15 Å². The Balaban J connectivity index is 1.04. The number of benzene rings is 13. The summed E-state index contributed by atoms with van der Waals surface area (Å²) in [5.74, 6) is 1.37. The lowest BCUT2D eigenvalue weighted by molar-refractivity contribution is -0.570. The van der Waals surface area contributed by atoms with E-state index in [0.717, 1.165) is 56.7 Å². The summed E-state index contributed by atoms with van der Waals surface area (Å²) in [4.78, 5) is 4.94. The molecule has 105 heavy (non-hydrogen) atoms. The van der Waals surface area contributed by atoms with Crippen molar-refractivity contribution in [2.75, 3.05) is 0 Å². The predicted molar refractivity (Wildman–Crippen MR) is 437 cm³/mol. The molecule has 2 aliphatic rings. The maximum atomic E-state index is 10.4. The van der Waals surface area contributed by atoms with E-state index >= 15 is 0 Å². The average Bonchev–Trinajstić information content (AvgIpc) is 1.31. The van der Waals surface area contributed by atoms with Crippen LogP contribution >= 0.6 is 0 Å². The maximum Gasteiger partial charge on any atom is 0.269 e. The van der Waals surface area contributed by atoms with E-state index in [1.54, 1.807) is 53.2 Å². The number of para-hydroxylation sites is 2. The molecule has 0 saturated heterocycles. The number of ether oxygens (including phenoxy) is 1. The molecule has 5 heterocycles. The van der Waals surface area contributed by atoms with Crippen LogP contribution in [0.1, 0.15) is 118 Å². The van der Waals surface area contributed by atoms with Crippen LogP contribution in [0.25, 0.3) is 128 Å². The molecule has 0 amide bonds. The molecular formula is C98H80N4O2Si. The highest BCUT2D eigenvalue weighted by Crippen LogP contribution is 2.54. The highest BCUT2D eigenvalue weighted by molar-refractivity contribution is 7.20. The van der Waals surface area contributed by atoms with Gasteiger partial charge in [-0.1, -0.05) is 248 Å². The third-order valence-corrected chi connectivity index (χ3v) is 25.9. The number of pyridine rings is 1. The molecular weight excluding hydrogens is 1290 g/mol. The van der Waals surface area contributed by atoms with Gasteiger partial charge in [0.05, 0.1) is 54.0 Å². The third-order valence-electron chi connectivity index (χ3n) is 21.8. The van der Waals surface area contributed by atoms with Gasteiger partial charge in [-0.25, -0.2) is 4.98 Å². The van der Waals surface area contributed by atoms with E-state index in [4.69, 9.17) is 14.1 Å². The topological polar surface area (TPSA) is 49.0 Å². The maximum absolute atomic E-state index is 10.4. The summed E-state index contributed by atoms with van der Waals surface area (Å²) in [6, 6.07) is 47.2. The van der Waals surface area contributed by atoms with Gasteiger partial charge in [-0.15, -0.1) is 0 Å². The molecule has 17 aromatic rings. The molecule has 19 rings (SSSR count). The molecule has 0 bridgehead atoms. The molecule has 1 aliphatic carbocycles. The fourth-order valence-electron chi connectivity index (χ4n) is 16.4. The molecule has 0 N–H and O–H groups in total. The van der Waals surface area contributed by atoms with Gasteiger partial charge in [0.2, 0.25) is 0 Å². The van der Waals surface area contributed by atoms with Crippen molar-refractivity contribution in [2.45, 2.75) is 91.3 Å². The van der Waals surface area contributed by atoms with Crippen LogP contribution in [-0.4, -0.2) is 22.2 Å². The minimum absolute atomic E-state index is 0.0579. The number of imidazole rings is 1. The summed E-state index contributed by atoms with van der Waals surface area (Å²) in [6.07, 6.45) is 7.19. The monoisotopic (exact) mass is 1390 g/mol. The quantitative estimate of drug-likeness (QED) is 0.0593. The van der Waals surface area contributed by atoms with Crippen LogP contribution in [-0.2, 0) is 16.2 Å². The van der Waals surface area contributed by atoms with Crippen LogP contribution < -0.4 is 30.1 Å². The highest BCUT2D eigenvalue weighted by Gasteiger charge is 2.44. The zero-order valence-corrected chi connectivity index (χ0v) is 59.6. The van der Waals surface area contributed by atoms with E-state index in [2.05, 4.69) is 83.6 Å². The largest absolute Gasteiger partial charge is 0.458 e. The molecule has 7 heteroatoms. The number of hydrogen-bond donors (Lipinski definition) is 0. The molecule has 0 radical (unpaired) electrons. The predicted octanol–water partition coefficient (Wildman–Crippen LogP) is 22.2. The summed E-state index contributed by atoms with van der Waals surface area (Å²) in [5.41, 5.74) is 9.08. The first-order valence-corrected chi connectivity index (χ1v) is 37.2. The van der Waals surface area contributed by atoms with E-state index in [9.17, 15) is 28.8 Å². The number of fused-ring (bicyclic) bond motifs is 14. The van der Waals surface area contributed by atoms with Crippen molar-refractivity contribution in [3.8, 4) is 84.3 Å². The molecule has 4 aromatic heterocycles. The summed E-state index contributed by atoms with van der Waals surface area (Å²) in [6.45, 7) is 9.39. The van der Waals surface area contributed by atoms with Crippen molar-refractivity contribution >= 4 is 83.6 Å². The number of rotatable bonds is 10. The third kappa shape index (κ3) is 10.2. The summed E-state index contributed by atoms with van der Waals surface area (Å²) < 4.78 is 223. The number of furan rings is 1. The lowest BCUT2D eigenvalue weighted by atomic mass is 9.62. The van der Waals surface area contributed by atoms with Crippen molar-refractivity contribution in [1.29, 1.82) is 0 Å². The Morgan fingerprint density at radius 1 is 0.486 bits per heavy atom. The van der Waals surface area contributed by atoms with Gasteiger partial charge >= 0.3 is 0 Å². The number of nitrogens with zero attached hydrogens (tertiary/aromatic N) is 4. The number of aromatic nitrogens is 4. The van der Waals surface area contributed by atoms with Crippen LogP contribution in [0, 0.1) is 20.0 Å². The van der Waals surface area contributed by atoms with E-state index in [1.165, 1.54) is 18.2 Å². The number of aryl methyl sites for hydroxylation is 2. The van der Waals surface area contributed by atoms with Crippen LogP contribution in [0.2, 0.25) is 0 Å². The Bertz CT molecular complexity index is 7330. The van der Waals surface area contributed by atoms with Gasteiger partial charge in [-0.3, -0.25) is 13.7 Å². The lowest BCUT2D eigenvalue weighted by Gasteiger charge is -2.42. The van der Waals surface area contributed by atoms with E-state index < -0.39 is 139 Å². The number of hydrogen-bond acceptors (Lipinski definition) is 3. The van der Waals surface area contributed by atoms with Crippen molar-refractivity contribution in [2.24, 2.45) is 0 Å². The average molecular weight is 1390 g/mol.